The Bertz CT molecular complexity index is 537. The zero-order valence-corrected chi connectivity index (χ0v) is 14.2. The lowest BCUT2D eigenvalue weighted by atomic mass is 10.0. The predicted molar refractivity (Wildman–Crippen MR) is 93.6 cm³/mol. The second-order valence-electron chi connectivity index (χ2n) is 5.47. The highest BCUT2D eigenvalue weighted by atomic mass is 35.5. The van der Waals surface area contributed by atoms with E-state index < -0.39 is 0 Å². The summed E-state index contributed by atoms with van der Waals surface area (Å²) in [6, 6.07) is 5.34. The Hall–Kier alpha value is -1.72. The van der Waals surface area contributed by atoms with Crippen molar-refractivity contribution in [2.24, 2.45) is 11.7 Å². The van der Waals surface area contributed by atoms with Crippen molar-refractivity contribution in [1.82, 2.24) is 5.32 Å². The Morgan fingerprint density at radius 3 is 2.87 bits per heavy atom. The van der Waals surface area contributed by atoms with Crippen LogP contribution in [0.15, 0.2) is 30.9 Å². The molecule has 128 valence electrons. The maximum Gasteiger partial charge on any atom is 0.251 e. The van der Waals surface area contributed by atoms with E-state index in [9.17, 15) is 4.79 Å². The molecule has 3 N–H and O–H groups in total. The molecule has 6 heteroatoms. The molecular formula is C17H25ClN2O3. The van der Waals surface area contributed by atoms with Gasteiger partial charge in [-0.2, -0.15) is 0 Å². The molecule has 0 saturated heterocycles. The summed E-state index contributed by atoms with van der Waals surface area (Å²) in [4.78, 5) is 12.4. The van der Waals surface area contributed by atoms with Gasteiger partial charge >= 0.3 is 0 Å². The third kappa shape index (κ3) is 4.88. The van der Waals surface area contributed by atoms with Crippen LogP contribution in [0.3, 0.4) is 0 Å². The average Bonchev–Trinajstić information content (AvgIpc) is 2.99. The summed E-state index contributed by atoms with van der Waals surface area (Å²) in [5.41, 5.74) is 6.32. The molecule has 0 aromatic heterocycles. The van der Waals surface area contributed by atoms with Gasteiger partial charge in [0, 0.05) is 11.6 Å². The van der Waals surface area contributed by atoms with Gasteiger partial charge in [-0.15, -0.1) is 12.4 Å². The molecule has 5 nitrogen and oxygen atoms in total. The summed E-state index contributed by atoms with van der Waals surface area (Å²) >= 11 is 0. The Morgan fingerprint density at radius 1 is 1.43 bits per heavy atom. The lowest BCUT2D eigenvalue weighted by Gasteiger charge is -2.20. The molecule has 2 atom stereocenters. The van der Waals surface area contributed by atoms with E-state index in [-0.39, 0.29) is 24.4 Å². The van der Waals surface area contributed by atoms with Crippen molar-refractivity contribution in [3.8, 4) is 11.5 Å². The molecule has 23 heavy (non-hydrogen) atoms. The molecule has 1 saturated carbocycles. The number of benzene rings is 1. The Labute approximate surface area is 143 Å². The maximum absolute atomic E-state index is 12.4. The van der Waals surface area contributed by atoms with Crippen LogP contribution in [0.4, 0.5) is 0 Å². The summed E-state index contributed by atoms with van der Waals surface area (Å²) < 4.78 is 10.8. The minimum atomic E-state index is -0.0982. The van der Waals surface area contributed by atoms with Crippen LogP contribution in [0.5, 0.6) is 11.5 Å². The number of amides is 1. The van der Waals surface area contributed by atoms with Gasteiger partial charge in [-0.25, -0.2) is 0 Å². The second-order valence-corrected chi connectivity index (χ2v) is 5.47. The molecule has 0 heterocycles. The Kier molecular flexibility index (Phi) is 7.92. The highest BCUT2D eigenvalue weighted by Gasteiger charge is 2.27. The third-order valence-corrected chi connectivity index (χ3v) is 4.06. The van der Waals surface area contributed by atoms with Crippen molar-refractivity contribution in [2.75, 3.05) is 20.3 Å². The second kappa shape index (κ2) is 9.43. The molecule has 0 radical (unpaired) electrons. The van der Waals surface area contributed by atoms with Crippen LogP contribution in [-0.2, 0) is 0 Å². The number of hydrogen-bond acceptors (Lipinski definition) is 4. The van der Waals surface area contributed by atoms with Gasteiger partial charge in [0.1, 0.15) is 6.61 Å². The smallest absolute Gasteiger partial charge is 0.251 e. The zero-order valence-electron chi connectivity index (χ0n) is 13.4. The fourth-order valence-corrected chi connectivity index (χ4v) is 2.84. The van der Waals surface area contributed by atoms with Crippen molar-refractivity contribution >= 4 is 18.3 Å². The summed E-state index contributed by atoms with van der Waals surface area (Å²) in [5, 5.41) is 3.08. The Morgan fingerprint density at radius 2 is 2.22 bits per heavy atom. The number of halogens is 1. The van der Waals surface area contributed by atoms with E-state index in [4.69, 9.17) is 15.2 Å². The normalized spacial score (nSPS) is 19.6. The van der Waals surface area contributed by atoms with Crippen molar-refractivity contribution in [2.45, 2.75) is 25.3 Å². The molecule has 1 fully saturated rings. The maximum atomic E-state index is 12.4. The van der Waals surface area contributed by atoms with E-state index in [0.717, 1.165) is 19.3 Å². The first-order valence-electron chi connectivity index (χ1n) is 7.62. The Balaban J connectivity index is 0.00000264. The number of hydrogen-bond donors (Lipinski definition) is 2. The quantitative estimate of drug-likeness (QED) is 0.748. The third-order valence-electron chi connectivity index (χ3n) is 4.06. The van der Waals surface area contributed by atoms with Crippen LogP contribution >= 0.6 is 12.4 Å². The molecule has 1 aromatic rings. The number of methoxy groups -OCH3 is 1. The first kappa shape index (κ1) is 19.3. The topological polar surface area (TPSA) is 73.6 Å². The first-order chi connectivity index (χ1) is 10.7. The average molecular weight is 341 g/mol. The van der Waals surface area contributed by atoms with Gasteiger partial charge in [0.15, 0.2) is 11.5 Å². The van der Waals surface area contributed by atoms with E-state index in [1.807, 2.05) is 0 Å². The summed E-state index contributed by atoms with van der Waals surface area (Å²) in [5.74, 6) is 1.41. The molecule has 2 unspecified atom stereocenters. The lowest BCUT2D eigenvalue weighted by molar-refractivity contribution is 0.0928. The van der Waals surface area contributed by atoms with Gasteiger partial charge in [-0.3, -0.25) is 4.79 Å². The molecular weight excluding hydrogens is 316 g/mol. The van der Waals surface area contributed by atoms with E-state index in [2.05, 4.69) is 11.9 Å². The first-order valence-corrected chi connectivity index (χ1v) is 7.62. The number of carbonyl (C=O) groups excluding carboxylic acids is 1. The number of nitrogens with one attached hydrogen (secondary N) is 1. The highest BCUT2D eigenvalue weighted by molar-refractivity contribution is 5.95. The minimum Gasteiger partial charge on any atom is -0.493 e. The molecule has 1 aliphatic rings. The van der Waals surface area contributed by atoms with E-state index in [1.165, 1.54) is 0 Å². The van der Waals surface area contributed by atoms with Gasteiger partial charge in [0.25, 0.3) is 5.91 Å². The van der Waals surface area contributed by atoms with Gasteiger partial charge in [0.2, 0.25) is 0 Å². The van der Waals surface area contributed by atoms with Crippen LogP contribution in [0.1, 0.15) is 29.6 Å². The van der Waals surface area contributed by atoms with Gasteiger partial charge in [0.05, 0.1) is 7.11 Å². The monoisotopic (exact) mass is 340 g/mol. The SMILES string of the molecule is C=CCOc1ccc(C(=O)NC2CCCC2CN)cc1OC.Cl. The van der Waals surface area contributed by atoms with E-state index in [0.29, 0.717) is 36.1 Å². The molecule has 2 rings (SSSR count). The summed E-state index contributed by atoms with van der Waals surface area (Å²) in [7, 11) is 1.55. The fourth-order valence-electron chi connectivity index (χ4n) is 2.84. The van der Waals surface area contributed by atoms with Crippen LogP contribution in [-0.4, -0.2) is 32.2 Å². The number of rotatable bonds is 7. The fraction of sp³-hybridized carbons (Fsp3) is 0.471. The van der Waals surface area contributed by atoms with Crippen LogP contribution < -0.4 is 20.5 Å². The number of carbonyl (C=O) groups is 1. The summed E-state index contributed by atoms with van der Waals surface area (Å²) in [6.07, 6.45) is 4.85. The number of ether oxygens (including phenoxy) is 2. The number of nitrogens with two attached hydrogens (primary N) is 1. The molecule has 0 aliphatic heterocycles. The van der Waals surface area contributed by atoms with Crippen molar-refractivity contribution in [1.29, 1.82) is 0 Å². The largest absolute Gasteiger partial charge is 0.493 e. The lowest BCUT2D eigenvalue weighted by Crippen LogP contribution is -2.39. The van der Waals surface area contributed by atoms with E-state index >= 15 is 0 Å². The van der Waals surface area contributed by atoms with Crippen LogP contribution in [0, 0.1) is 5.92 Å². The predicted octanol–water partition coefficient (Wildman–Crippen LogP) is 2.54. The molecule has 1 aliphatic carbocycles. The van der Waals surface area contributed by atoms with Gasteiger partial charge in [-0.05, 0) is 43.5 Å². The molecule has 1 amide bonds. The molecule has 0 bridgehead atoms. The van der Waals surface area contributed by atoms with Crippen molar-refractivity contribution in [3.05, 3.63) is 36.4 Å². The minimum absolute atomic E-state index is 0. The van der Waals surface area contributed by atoms with Crippen molar-refractivity contribution < 1.29 is 14.3 Å². The molecule has 0 spiro atoms. The highest BCUT2D eigenvalue weighted by Crippen LogP contribution is 2.29. The van der Waals surface area contributed by atoms with Crippen molar-refractivity contribution in [3.63, 3.8) is 0 Å². The van der Waals surface area contributed by atoms with Gasteiger partial charge < -0.3 is 20.5 Å². The molecule has 1 aromatic carbocycles. The standard InChI is InChI=1S/C17H24N2O3.ClH/c1-3-9-22-15-8-7-12(10-16(15)21-2)17(20)19-14-6-4-5-13(14)11-18;/h3,7-8,10,13-14H,1,4-6,9,11,18H2,2H3,(H,19,20);1H. The van der Waals surface area contributed by atoms with Crippen LogP contribution in [0.2, 0.25) is 0 Å². The van der Waals surface area contributed by atoms with Gasteiger partial charge in [-0.1, -0.05) is 19.1 Å². The van der Waals surface area contributed by atoms with E-state index in [1.54, 1.807) is 31.4 Å². The van der Waals surface area contributed by atoms with Crippen LogP contribution in [0.25, 0.3) is 0 Å². The summed E-state index contributed by atoms with van der Waals surface area (Å²) in [6.45, 7) is 4.61. The zero-order chi connectivity index (χ0) is 15.9.